The number of amides is 3. The lowest BCUT2D eigenvalue weighted by Crippen LogP contribution is -2.48. The molecule has 3 amide bonds. The monoisotopic (exact) mass is 300 g/mol. The first kappa shape index (κ1) is 15.9. The third-order valence-corrected chi connectivity index (χ3v) is 3.36. The molecule has 110 valence electrons. The lowest BCUT2D eigenvalue weighted by Gasteiger charge is -2.18. The van der Waals surface area contributed by atoms with E-state index in [1.807, 2.05) is 6.92 Å². The SMILES string of the molecule is CCC(NC(=O)N[C@@H](CC(N)=O)C(=O)O)c1nccs1. The molecule has 8 nitrogen and oxygen atoms in total. The standard InChI is InChI=1S/C11H16N4O4S/c1-2-6(9-13-3-4-20-9)14-11(19)15-7(10(17)18)5-8(12)16/h3-4,6-7H,2,5H2,1H3,(H2,12,16)(H,17,18)(H2,14,15,19)/t6?,7-/m0/s1. The fourth-order valence-electron chi connectivity index (χ4n) is 1.50. The van der Waals surface area contributed by atoms with Crippen molar-refractivity contribution in [1.29, 1.82) is 0 Å². The summed E-state index contributed by atoms with van der Waals surface area (Å²) in [6, 6.07) is -2.33. The average Bonchev–Trinajstić information content (AvgIpc) is 2.88. The Balaban J connectivity index is 2.60. The van der Waals surface area contributed by atoms with Crippen molar-refractivity contribution in [2.45, 2.75) is 31.8 Å². The highest BCUT2D eigenvalue weighted by Gasteiger charge is 2.23. The molecule has 5 N–H and O–H groups in total. The summed E-state index contributed by atoms with van der Waals surface area (Å²) in [5, 5.41) is 16.2. The van der Waals surface area contributed by atoms with E-state index in [1.54, 1.807) is 11.6 Å². The van der Waals surface area contributed by atoms with Crippen LogP contribution in [0.2, 0.25) is 0 Å². The number of carboxylic acid groups (broad SMARTS) is 1. The summed E-state index contributed by atoms with van der Waals surface area (Å²) in [5.41, 5.74) is 4.93. The molecule has 0 saturated carbocycles. The van der Waals surface area contributed by atoms with Crippen LogP contribution in [0.3, 0.4) is 0 Å². The molecular formula is C11H16N4O4S. The van der Waals surface area contributed by atoms with Crippen molar-refractivity contribution < 1.29 is 19.5 Å². The van der Waals surface area contributed by atoms with Crippen LogP contribution in [-0.4, -0.2) is 34.0 Å². The molecule has 9 heteroatoms. The number of carboxylic acids is 1. The van der Waals surface area contributed by atoms with Crippen LogP contribution in [0, 0.1) is 0 Å². The molecule has 1 aromatic rings. The van der Waals surface area contributed by atoms with E-state index in [0.29, 0.717) is 6.42 Å². The maximum Gasteiger partial charge on any atom is 0.326 e. The first-order valence-corrected chi connectivity index (χ1v) is 6.79. The summed E-state index contributed by atoms with van der Waals surface area (Å²) >= 11 is 1.39. The van der Waals surface area contributed by atoms with E-state index in [4.69, 9.17) is 10.8 Å². The van der Waals surface area contributed by atoms with Gasteiger partial charge in [-0.25, -0.2) is 14.6 Å². The van der Waals surface area contributed by atoms with Crippen LogP contribution in [0.25, 0.3) is 0 Å². The zero-order valence-corrected chi connectivity index (χ0v) is 11.6. The zero-order chi connectivity index (χ0) is 15.1. The average molecular weight is 300 g/mol. The minimum Gasteiger partial charge on any atom is -0.480 e. The van der Waals surface area contributed by atoms with Gasteiger partial charge < -0.3 is 21.5 Å². The molecule has 0 spiro atoms. The van der Waals surface area contributed by atoms with Gasteiger partial charge in [-0.3, -0.25) is 4.79 Å². The van der Waals surface area contributed by atoms with Crippen molar-refractivity contribution >= 4 is 29.2 Å². The molecule has 0 aliphatic carbocycles. The number of hydrogen-bond acceptors (Lipinski definition) is 5. The summed E-state index contributed by atoms with van der Waals surface area (Å²) in [5.74, 6) is -2.12. The van der Waals surface area contributed by atoms with Crippen LogP contribution in [0.1, 0.15) is 30.8 Å². The molecule has 2 atom stereocenters. The fraction of sp³-hybridized carbons (Fsp3) is 0.455. The number of thiazole rings is 1. The van der Waals surface area contributed by atoms with Crippen LogP contribution in [0.15, 0.2) is 11.6 Å². The van der Waals surface area contributed by atoms with Crippen LogP contribution in [-0.2, 0) is 9.59 Å². The summed E-state index contributed by atoms with van der Waals surface area (Å²) < 4.78 is 0. The lowest BCUT2D eigenvalue weighted by atomic mass is 10.2. The predicted molar refractivity (Wildman–Crippen MR) is 72.0 cm³/mol. The zero-order valence-electron chi connectivity index (χ0n) is 10.8. The van der Waals surface area contributed by atoms with Crippen LogP contribution < -0.4 is 16.4 Å². The Bertz CT molecular complexity index is 477. The largest absolute Gasteiger partial charge is 0.480 e. The van der Waals surface area contributed by atoms with E-state index in [2.05, 4.69) is 15.6 Å². The predicted octanol–water partition coefficient (Wildman–Crippen LogP) is 0.222. The van der Waals surface area contributed by atoms with Crippen LogP contribution >= 0.6 is 11.3 Å². The Kier molecular flexibility index (Phi) is 5.91. The molecule has 0 bridgehead atoms. The first-order chi connectivity index (χ1) is 9.43. The third kappa shape index (κ3) is 4.84. The molecule has 20 heavy (non-hydrogen) atoms. The van der Waals surface area contributed by atoms with Gasteiger partial charge in [0.1, 0.15) is 11.0 Å². The van der Waals surface area contributed by atoms with Gasteiger partial charge in [-0.15, -0.1) is 11.3 Å². The van der Waals surface area contributed by atoms with Gasteiger partial charge in [-0.05, 0) is 6.42 Å². The molecule has 0 aliphatic rings. The smallest absolute Gasteiger partial charge is 0.326 e. The quantitative estimate of drug-likeness (QED) is 0.571. The number of rotatable bonds is 7. The van der Waals surface area contributed by atoms with E-state index >= 15 is 0 Å². The second-order valence-electron chi connectivity index (χ2n) is 4.01. The van der Waals surface area contributed by atoms with Gasteiger partial charge in [0.2, 0.25) is 5.91 Å². The lowest BCUT2D eigenvalue weighted by molar-refractivity contribution is -0.140. The maximum absolute atomic E-state index is 11.7. The van der Waals surface area contributed by atoms with Crippen molar-refractivity contribution in [3.05, 3.63) is 16.6 Å². The van der Waals surface area contributed by atoms with Gasteiger partial charge in [0.15, 0.2) is 0 Å². The number of carbonyl (C=O) groups is 3. The summed E-state index contributed by atoms with van der Waals surface area (Å²) in [7, 11) is 0. The van der Waals surface area contributed by atoms with Gasteiger partial charge in [0, 0.05) is 11.6 Å². The molecule has 0 aliphatic heterocycles. The maximum atomic E-state index is 11.7. The normalized spacial score (nSPS) is 13.2. The molecule has 1 aromatic heterocycles. The summed E-state index contributed by atoms with van der Waals surface area (Å²) in [6.07, 6.45) is 1.76. The number of aromatic nitrogens is 1. The Hall–Kier alpha value is -2.16. The van der Waals surface area contributed by atoms with E-state index in [0.717, 1.165) is 5.01 Å². The van der Waals surface area contributed by atoms with Gasteiger partial charge in [0.25, 0.3) is 0 Å². The Morgan fingerprint density at radius 1 is 1.45 bits per heavy atom. The highest BCUT2D eigenvalue weighted by Crippen LogP contribution is 2.18. The first-order valence-electron chi connectivity index (χ1n) is 5.91. The molecule has 1 heterocycles. The van der Waals surface area contributed by atoms with Gasteiger partial charge in [0.05, 0.1) is 12.5 Å². The molecular weight excluding hydrogens is 284 g/mol. The van der Waals surface area contributed by atoms with E-state index in [1.165, 1.54) is 11.3 Å². The number of urea groups is 1. The van der Waals surface area contributed by atoms with Crippen molar-refractivity contribution in [1.82, 2.24) is 15.6 Å². The van der Waals surface area contributed by atoms with Crippen molar-refractivity contribution in [2.75, 3.05) is 0 Å². The van der Waals surface area contributed by atoms with E-state index in [-0.39, 0.29) is 6.04 Å². The second-order valence-corrected chi connectivity index (χ2v) is 4.94. The minimum absolute atomic E-state index is 0.307. The van der Waals surface area contributed by atoms with Crippen molar-refractivity contribution in [2.24, 2.45) is 5.73 Å². The number of nitrogens with zero attached hydrogens (tertiary/aromatic N) is 1. The molecule has 0 radical (unpaired) electrons. The molecule has 0 saturated heterocycles. The topological polar surface area (TPSA) is 134 Å². The Labute approximate surface area is 119 Å². The number of nitrogens with one attached hydrogen (secondary N) is 2. The Morgan fingerprint density at radius 2 is 2.15 bits per heavy atom. The highest BCUT2D eigenvalue weighted by atomic mass is 32.1. The number of primary amides is 1. The number of carbonyl (C=O) groups excluding carboxylic acids is 2. The summed E-state index contributed by atoms with van der Waals surface area (Å²) in [6.45, 7) is 1.87. The highest BCUT2D eigenvalue weighted by molar-refractivity contribution is 7.09. The number of aliphatic carboxylic acids is 1. The van der Waals surface area contributed by atoms with Crippen molar-refractivity contribution in [3.8, 4) is 0 Å². The Morgan fingerprint density at radius 3 is 2.60 bits per heavy atom. The fourth-order valence-corrected chi connectivity index (χ4v) is 2.28. The second kappa shape index (κ2) is 7.43. The van der Waals surface area contributed by atoms with Gasteiger partial charge in [-0.1, -0.05) is 6.92 Å². The van der Waals surface area contributed by atoms with Gasteiger partial charge in [-0.2, -0.15) is 0 Å². The van der Waals surface area contributed by atoms with Crippen LogP contribution in [0.5, 0.6) is 0 Å². The van der Waals surface area contributed by atoms with Gasteiger partial charge >= 0.3 is 12.0 Å². The molecule has 1 unspecified atom stereocenters. The minimum atomic E-state index is -1.35. The molecule has 1 rings (SSSR count). The van der Waals surface area contributed by atoms with Crippen LogP contribution in [0.4, 0.5) is 4.79 Å². The van der Waals surface area contributed by atoms with E-state index < -0.39 is 30.4 Å². The number of nitrogens with two attached hydrogens (primary N) is 1. The molecule has 0 fully saturated rings. The number of hydrogen-bond donors (Lipinski definition) is 4. The third-order valence-electron chi connectivity index (χ3n) is 2.47. The van der Waals surface area contributed by atoms with E-state index in [9.17, 15) is 14.4 Å². The summed E-state index contributed by atoms with van der Waals surface area (Å²) in [4.78, 5) is 37.5. The van der Waals surface area contributed by atoms with Crippen molar-refractivity contribution in [3.63, 3.8) is 0 Å². The molecule has 0 aromatic carbocycles.